The molecule has 2 atom stereocenters. The fourth-order valence-electron chi connectivity index (χ4n) is 3.57. The summed E-state index contributed by atoms with van der Waals surface area (Å²) in [6, 6.07) is 8.34. The SMILES string of the molecule is CC1(C)CN(CC2CCOc3ccccc32)CC(CO)O1. The first-order valence-electron chi connectivity index (χ1n) is 7.80. The highest BCUT2D eigenvalue weighted by Crippen LogP contribution is 2.34. The van der Waals surface area contributed by atoms with Crippen molar-refractivity contribution in [3.05, 3.63) is 29.8 Å². The van der Waals surface area contributed by atoms with E-state index in [4.69, 9.17) is 9.47 Å². The lowest BCUT2D eigenvalue weighted by Gasteiger charge is -2.43. The number of morpholine rings is 1. The molecule has 2 aliphatic rings. The van der Waals surface area contributed by atoms with E-state index in [1.807, 2.05) is 6.07 Å². The molecule has 116 valence electrons. The standard InChI is InChI=1S/C17H25NO3/c1-17(2)12-18(10-14(11-19)21-17)9-13-7-8-20-16-6-4-3-5-15(13)16/h3-6,13-14,19H,7-12H2,1-2H3. The van der Waals surface area contributed by atoms with E-state index >= 15 is 0 Å². The number of aliphatic hydroxyl groups is 1. The van der Waals surface area contributed by atoms with Crippen molar-refractivity contribution in [2.45, 2.75) is 37.9 Å². The minimum Gasteiger partial charge on any atom is -0.493 e. The van der Waals surface area contributed by atoms with E-state index < -0.39 is 0 Å². The highest BCUT2D eigenvalue weighted by molar-refractivity contribution is 5.38. The molecule has 0 spiro atoms. The van der Waals surface area contributed by atoms with Gasteiger partial charge in [0.1, 0.15) is 5.75 Å². The summed E-state index contributed by atoms with van der Waals surface area (Å²) in [7, 11) is 0. The Morgan fingerprint density at radius 1 is 1.33 bits per heavy atom. The Labute approximate surface area is 126 Å². The smallest absolute Gasteiger partial charge is 0.122 e. The Morgan fingerprint density at radius 2 is 2.14 bits per heavy atom. The molecule has 0 amide bonds. The van der Waals surface area contributed by atoms with Crippen LogP contribution in [0.4, 0.5) is 0 Å². The molecule has 2 heterocycles. The molecule has 0 bridgehead atoms. The molecule has 4 heteroatoms. The first-order valence-corrected chi connectivity index (χ1v) is 7.80. The van der Waals surface area contributed by atoms with Crippen LogP contribution in [0.15, 0.2) is 24.3 Å². The number of fused-ring (bicyclic) bond motifs is 1. The van der Waals surface area contributed by atoms with Crippen LogP contribution >= 0.6 is 0 Å². The third kappa shape index (κ3) is 3.39. The van der Waals surface area contributed by atoms with Crippen LogP contribution in [0.3, 0.4) is 0 Å². The second-order valence-corrected chi connectivity index (χ2v) is 6.75. The van der Waals surface area contributed by atoms with Crippen LogP contribution in [0, 0.1) is 0 Å². The predicted octanol–water partition coefficient (Wildman–Crippen LogP) is 2.02. The maximum Gasteiger partial charge on any atom is 0.122 e. The Balaban J connectivity index is 1.72. The Kier molecular flexibility index (Phi) is 4.20. The lowest BCUT2D eigenvalue weighted by molar-refractivity contribution is -0.149. The number of rotatable bonds is 3. The van der Waals surface area contributed by atoms with Gasteiger partial charge in [0.2, 0.25) is 0 Å². The summed E-state index contributed by atoms with van der Waals surface area (Å²) < 4.78 is 11.6. The maximum atomic E-state index is 9.43. The number of benzene rings is 1. The van der Waals surface area contributed by atoms with Crippen LogP contribution in [-0.4, -0.2) is 54.6 Å². The van der Waals surface area contributed by atoms with Gasteiger partial charge in [-0.25, -0.2) is 0 Å². The minimum atomic E-state index is -0.198. The van der Waals surface area contributed by atoms with Crippen molar-refractivity contribution in [1.82, 2.24) is 4.90 Å². The molecule has 1 N–H and O–H groups in total. The van der Waals surface area contributed by atoms with Gasteiger partial charge in [0.25, 0.3) is 0 Å². The second kappa shape index (κ2) is 5.95. The zero-order valence-electron chi connectivity index (χ0n) is 12.9. The van der Waals surface area contributed by atoms with Gasteiger partial charge in [-0.2, -0.15) is 0 Å². The predicted molar refractivity (Wildman–Crippen MR) is 81.8 cm³/mol. The molecule has 3 rings (SSSR count). The van der Waals surface area contributed by atoms with Gasteiger partial charge in [-0.3, -0.25) is 4.90 Å². The Bertz CT molecular complexity index is 489. The number of ether oxygens (including phenoxy) is 2. The molecular formula is C17H25NO3. The number of hydrogen-bond donors (Lipinski definition) is 1. The van der Waals surface area contributed by atoms with E-state index in [1.165, 1.54) is 5.56 Å². The van der Waals surface area contributed by atoms with Crippen LogP contribution in [-0.2, 0) is 4.74 Å². The second-order valence-electron chi connectivity index (χ2n) is 6.75. The average molecular weight is 291 g/mol. The summed E-state index contributed by atoms with van der Waals surface area (Å²) in [5, 5.41) is 9.43. The third-order valence-electron chi connectivity index (χ3n) is 4.32. The number of nitrogens with zero attached hydrogens (tertiary/aromatic N) is 1. The van der Waals surface area contributed by atoms with Crippen LogP contribution in [0.1, 0.15) is 31.7 Å². The average Bonchev–Trinajstić information content (AvgIpc) is 2.46. The summed E-state index contributed by atoms with van der Waals surface area (Å²) in [4.78, 5) is 2.43. The lowest BCUT2D eigenvalue weighted by atomic mass is 9.91. The molecule has 2 aliphatic heterocycles. The highest BCUT2D eigenvalue weighted by Gasteiger charge is 2.34. The summed E-state index contributed by atoms with van der Waals surface area (Å²) >= 11 is 0. The van der Waals surface area contributed by atoms with Gasteiger partial charge < -0.3 is 14.6 Å². The van der Waals surface area contributed by atoms with Crippen LogP contribution < -0.4 is 4.74 Å². The summed E-state index contributed by atoms with van der Waals surface area (Å²) in [5.41, 5.74) is 1.12. The normalized spacial score (nSPS) is 28.7. The van der Waals surface area contributed by atoms with E-state index in [0.29, 0.717) is 5.92 Å². The molecule has 0 saturated carbocycles. The summed E-state index contributed by atoms with van der Waals surface area (Å²) in [6.45, 7) is 7.79. The zero-order chi connectivity index (χ0) is 14.9. The van der Waals surface area contributed by atoms with Crippen molar-refractivity contribution in [1.29, 1.82) is 0 Å². The first kappa shape index (κ1) is 14.8. The molecule has 0 aromatic heterocycles. The molecule has 1 saturated heterocycles. The molecule has 1 fully saturated rings. The molecule has 4 nitrogen and oxygen atoms in total. The van der Waals surface area contributed by atoms with Gasteiger partial charge in [0.05, 0.1) is 24.9 Å². The van der Waals surface area contributed by atoms with E-state index in [-0.39, 0.29) is 18.3 Å². The molecular weight excluding hydrogens is 266 g/mol. The third-order valence-corrected chi connectivity index (χ3v) is 4.32. The molecule has 0 aliphatic carbocycles. The quantitative estimate of drug-likeness (QED) is 0.925. The Hall–Kier alpha value is -1.10. The van der Waals surface area contributed by atoms with Gasteiger partial charge in [-0.1, -0.05) is 18.2 Å². The lowest BCUT2D eigenvalue weighted by Crippen LogP contribution is -2.54. The van der Waals surface area contributed by atoms with Crippen molar-refractivity contribution in [3.8, 4) is 5.75 Å². The first-order chi connectivity index (χ1) is 10.1. The van der Waals surface area contributed by atoms with E-state index in [2.05, 4.69) is 36.9 Å². The van der Waals surface area contributed by atoms with Crippen molar-refractivity contribution in [3.63, 3.8) is 0 Å². The Morgan fingerprint density at radius 3 is 2.95 bits per heavy atom. The summed E-state index contributed by atoms with van der Waals surface area (Å²) in [6.07, 6.45) is 0.974. The molecule has 1 aromatic carbocycles. The van der Waals surface area contributed by atoms with Crippen LogP contribution in [0.2, 0.25) is 0 Å². The number of aliphatic hydroxyl groups excluding tert-OH is 1. The molecule has 1 aromatic rings. The van der Waals surface area contributed by atoms with E-state index in [9.17, 15) is 5.11 Å². The van der Waals surface area contributed by atoms with Gasteiger partial charge in [-0.15, -0.1) is 0 Å². The fraction of sp³-hybridized carbons (Fsp3) is 0.647. The zero-order valence-corrected chi connectivity index (χ0v) is 12.9. The van der Waals surface area contributed by atoms with Crippen molar-refractivity contribution < 1.29 is 14.6 Å². The summed E-state index contributed by atoms with van der Waals surface area (Å²) in [5.74, 6) is 1.53. The topological polar surface area (TPSA) is 41.9 Å². The van der Waals surface area contributed by atoms with Crippen molar-refractivity contribution in [2.75, 3.05) is 32.8 Å². The molecule has 21 heavy (non-hydrogen) atoms. The van der Waals surface area contributed by atoms with E-state index in [1.54, 1.807) is 0 Å². The van der Waals surface area contributed by atoms with Crippen molar-refractivity contribution in [2.24, 2.45) is 0 Å². The van der Waals surface area contributed by atoms with E-state index in [0.717, 1.165) is 38.4 Å². The van der Waals surface area contributed by atoms with Gasteiger partial charge in [-0.05, 0) is 31.9 Å². The maximum absolute atomic E-state index is 9.43. The van der Waals surface area contributed by atoms with Gasteiger partial charge >= 0.3 is 0 Å². The van der Waals surface area contributed by atoms with Gasteiger partial charge in [0, 0.05) is 25.6 Å². The number of hydrogen-bond acceptors (Lipinski definition) is 4. The highest BCUT2D eigenvalue weighted by atomic mass is 16.5. The molecule has 2 unspecified atom stereocenters. The monoisotopic (exact) mass is 291 g/mol. The number of para-hydroxylation sites is 1. The fourth-order valence-corrected chi connectivity index (χ4v) is 3.57. The minimum absolute atomic E-state index is 0.0798. The molecule has 0 radical (unpaired) electrons. The van der Waals surface area contributed by atoms with Gasteiger partial charge in [0.15, 0.2) is 0 Å². The van der Waals surface area contributed by atoms with Crippen LogP contribution in [0.5, 0.6) is 5.75 Å². The largest absolute Gasteiger partial charge is 0.493 e. The van der Waals surface area contributed by atoms with Crippen LogP contribution in [0.25, 0.3) is 0 Å². The van der Waals surface area contributed by atoms with Crippen molar-refractivity contribution >= 4 is 0 Å².